The lowest BCUT2D eigenvalue weighted by Crippen LogP contribution is -2.38. The van der Waals surface area contributed by atoms with E-state index in [4.69, 9.17) is 4.52 Å². The highest BCUT2D eigenvalue weighted by molar-refractivity contribution is 7.47. The van der Waals surface area contributed by atoms with Gasteiger partial charge in [0, 0.05) is 26.2 Å². The van der Waals surface area contributed by atoms with Crippen LogP contribution in [0.15, 0.2) is 0 Å². The Balaban J connectivity index is 2.88. The van der Waals surface area contributed by atoms with Crippen LogP contribution in [0.5, 0.6) is 0 Å². The summed E-state index contributed by atoms with van der Waals surface area (Å²) in [6.07, 6.45) is 4.39. The van der Waals surface area contributed by atoms with Crippen molar-refractivity contribution in [1.82, 2.24) is 9.34 Å². The van der Waals surface area contributed by atoms with Gasteiger partial charge in [0.15, 0.2) is 8.45 Å². The predicted molar refractivity (Wildman–Crippen MR) is 99.0 cm³/mol. The molecule has 0 aliphatic heterocycles. The maximum Gasteiger partial charge on any atom is 0.188 e. The fourth-order valence-electron chi connectivity index (χ4n) is 3.60. The molecule has 1 fully saturated rings. The van der Waals surface area contributed by atoms with Gasteiger partial charge < -0.3 is 4.52 Å². The molecule has 0 radical (unpaired) electrons. The summed E-state index contributed by atoms with van der Waals surface area (Å²) in [5.74, 6) is 2.26. The van der Waals surface area contributed by atoms with Gasteiger partial charge in [-0.15, -0.1) is 0 Å². The molecule has 0 aromatic heterocycles. The Bertz CT molecular complexity index is 281. The molecule has 0 saturated heterocycles. The summed E-state index contributed by atoms with van der Waals surface area (Å²) >= 11 is 0. The van der Waals surface area contributed by atoms with Gasteiger partial charge in [-0.05, 0) is 30.6 Å². The van der Waals surface area contributed by atoms with Crippen LogP contribution in [0.4, 0.5) is 0 Å². The first-order valence-electron chi connectivity index (χ1n) is 9.44. The van der Waals surface area contributed by atoms with Crippen molar-refractivity contribution in [2.45, 2.75) is 73.8 Å². The van der Waals surface area contributed by atoms with E-state index in [2.05, 4.69) is 57.8 Å². The minimum Gasteiger partial charge on any atom is -0.328 e. The lowest BCUT2D eigenvalue weighted by molar-refractivity contribution is 0.0424. The first-order chi connectivity index (χ1) is 10.5. The average molecular weight is 330 g/mol. The van der Waals surface area contributed by atoms with Crippen LogP contribution < -0.4 is 0 Å². The summed E-state index contributed by atoms with van der Waals surface area (Å²) in [7, 11) is -0.615. The second-order valence-corrected chi connectivity index (χ2v) is 8.85. The SMILES string of the molecule is CCN(CC)P(OC1CC(C)CCC1C(C)C)N(CC)CC. The highest BCUT2D eigenvalue weighted by Gasteiger charge is 2.35. The summed E-state index contributed by atoms with van der Waals surface area (Å²) < 4.78 is 11.9. The monoisotopic (exact) mass is 330 g/mol. The van der Waals surface area contributed by atoms with Crippen LogP contribution in [-0.2, 0) is 4.52 Å². The Hall–Kier alpha value is 0.310. The first kappa shape index (κ1) is 20.4. The van der Waals surface area contributed by atoms with Crippen LogP contribution in [0, 0.1) is 17.8 Å². The van der Waals surface area contributed by atoms with Gasteiger partial charge >= 0.3 is 0 Å². The third kappa shape index (κ3) is 5.44. The third-order valence-electron chi connectivity index (χ3n) is 5.14. The zero-order chi connectivity index (χ0) is 16.7. The van der Waals surface area contributed by atoms with Gasteiger partial charge in [-0.25, -0.2) is 9.34 Å². The lowest BCUT2D eigenvalue weighted by Gasteiger charge is -2.43. The number of nitrogens with zero attached hydrogens (tertiary/aromatic N) is 2. The van der Waals surface area contributed by atoms with Gasteiger partial charge in [-0.2, -0.15) is 0 Å². The van der Waals surface area contributed by atoms with Crippen molar-refractivity contribution >= 4 is 8.45 Å². The average Bonchev–Trinajstić information content (AvgIpc) is 2.49. The molecule has 1 saturated carbocycles. The minimum atomic E-state index is -0.615. The van der Waals surface area contributed by atoms with Crippen LogP contribution in [0.3, 0.4) is 0 Å². The molecule has 22 heavy (non-hydrogen) atoms. The molecule has 0 amide bonds. The zero-order valence-corrected chi connectivity index (χ0v) is 16.9. The van der Waals surface area contributed by atoms with E-state index in [9.17, 15) is 0 Å². The maximum atomic E-state index is 6.84. The van der Waals surface area contributed by atoms with Crippen molar-refractivity contribution in [3.05, 3.63) is 0 Å². The van der Waals surface area contributed by atoms with Gasteiger partial charge in [0.1, 0.15) is 0 Å². The van der Waals surface area contributed by atoms with Crippen molar-refractivity contribution < 1.29 is 4.52 Å². The molecule has 0 N–H and O–H groups in total. The Morgan fingerprint density at radius 2 is 1.45 bits per heavy atom. The molecule has 0 spiro atoms. The second-order valence-electron chi connectivity index (χ2n) is 7.00. The number of hydrogen-bond acceptors (Lipinski definition) is 3. The van der Waals surface area contributed by atoms with Crippen LogP contribution in [0.25, 0.3) is 0 Å². The summed E-state index contributed by atoms with van der Waals surface area (Å²) in [6, 6.07) is 0. The quantitative estimate of drug-likeness (QED) is 0.528. The summed E-state index contributed by atoms with van der Waals surface area (Å²) in [5.41, 5.74) is 0. The van der Waals surface area contributed by atoms with Gasteiger partial charge in [0.25, 0.3) is 0 Å². The van der Waals surface area contributed by atoms with Crippen LogP contribution >= 0.6 is 8.45 Å². The van der Waals surface area contributed by atoms with Crippen molar-refractivity contribution in [3.63, 3.8) is 0 Å². The van der Waals surface area contributed by atoms with Crippen molar-refractivity contribution in [2.75, 3.05) is 26.2 Å². The molecule has 132 valence electrons. The van der Waals surface area contributed by atoms with E-state index < -0.39 is 8.45 Å². The van der Waals surface area contributed by atoms with Crippen LogP contribution in [0.2, 0.25) is 0 Å². The molecule has 1 aliphatic carbocycles. The van der Waals surface area contributed by atoms with Crippen LogP contribution in [0.1, 0.15) is 67.7 Å². The van der Waals surface area contributed by atoms with Gasteiger partial charge in [0.05, 0.1) is 6.10 Å². The third-order valence-corrected chi connectivity index (χ3v) is 7.69. The predicted octanol–water partition coefficient (Wildman–Crippen LogP) is 5.37. The van der Waals surface area contributed by atoms with Crippen molar-refractivity contribution in [1.29, 1.82) is 0 Å². The molecule has 3 unspecified atom stereocenters. The Morgan fingerprint density at radius 3 is 1.86 bits per heavy atom. The fraction of sp³-hybridized carbons (Fsp3) is 1.00. The fourth-order valence-corrected chi connectivity index (χ4v) is 5.68. The van der Waals surface area contributed by atoms with E-state index in [0.29, 0.717) is 6.10 Å². The molecule has 1 rings (SSSR count). The van der Waals surface area contributed by atoms with Gasteiger partial charge in [0.2, 0.25) is 0 Å². The molecule has 3 atom stereocenters. The highest BCUT2D eigenvalue weighted by Crippen LogP contribution is 2.50. The van der Waals surface area contributed by atoms with E-state index in [1.807, 2.05) is 0 Å². The molecular formula is C18H39N2OP. The van der Waals surface area contributed by atoms with Crippen molar-refractivity contribution in [2.24, 2.45) is 17.8 Å². The van der Waals surface area contributed by atoms with Gasteiger partial charge in [-0.3, -0.25) is 0 Å². The molecule has 0 bridgehead atoms. The van der Waals surface area contributed by atoms with Crippen molar-refractivity contribution in [3.8, 4) is 0 Å². The molecular weight excluding hydrogens is 291 g/mol. The number of rotatable bonds is 9. The lowest BCUT2D eigenvalue weighted by atomic mass is 9.75. The Morgan fingerprint density at radius 1 is 0.955 bits per heavy atom. The van der Waals surface area contributed by atoms with E-state index in [1.54, 1.807) is 0 Å². The highest BCUT2D eigenvalue weighted by atomic mass is 31.2. The molecule has 0 aromatic rings. The van der Waals surface area contributed by atoms with E-state index in [1.165, 1.54) is 19.3 Å². The Kier molecular flexibility index (Phi) is 9.47. The van der Waals surface area contributed by atoms with Crippen LogP contribution in [-0.4, -0.2) is 41.6 Å². The second kappa shape index (κ2) is 10.2. The van der Waals surface area contributed by atoms with E-state index >= 15 is 0 Å². The molecule has 0 heterocycles. The minimum absolute atomic E-state index is 0.441. The molecule has 0 aromatic carbocycles. The molecule has 1 aliphatic rings. The first-order valence-corrected chi connectivity index (χ1v) is 10.6. The Labute approximate surface area is 140 Å². The summed E-state index contributed by atoms with van der Waals surface area (Å²) in [5, 5.41) is 0. The molecule has 3 nitrogen and oxygen atoms in total. The van der Waals surface area contributed by atoms with E-state index in [-0.39, 0.29) is 0 Å². The topological polar surface area (TPSA) is 15.7 Å². The largest absolute Gasteiger partial charge is 0.328 e. The standard InChI is InChI=1S/C18H39N2OP/c1-8-19(9-2)22(20(10-3)11-4)21-18-14-16(7)12-13-17(18)15(5)6/h15-18H,8-14H2,1-7H3. The maximum absolute atomic E-state index is 6.84. The van der Waals surface area contributed by atoms with E-state index in [0.717, 1.165) is 43.9 Å². The molecule has 4 heteroatoms. The number of hydrogen-bond donors (Lipinski definition) is 0. The summed E-state index contributed by atoms with van der Waals surface area (Å²) in [6.45, 7) is 20.5. The van der Waals surface area contributed by atoms with Gasteiger partial charge in [-0.1, -0.05) is 54.9 Å². The summed E-state index contributed by atoms with van der Waals surface area (Å²) in [4.78, 5) is 0. The normalized spacial score (nSPS) is 26.6. The zero-order valence-electron chi connectivity index (χ0n) is 16.0. The smallest absolute Gasteiger partial charge is 0.188 e.